The fraction of sp³-hybridized carbons (Fsp3) is 0.462. The molecule has 3 nitrogen and oxygen atoms in total. The van der Waals surface area contributed by atoms with Gasteiger partial charge in [-0.15, -0.1) is 0 Å². The van der Waals surface area contributed by atoms with E-state index >= 15 is 0 Å². The Hall–Kier alpha value is -1.37. The van der Waals surface area contributed by atoms with Crippen LogP contribution in [0.2, 0.25) is 0 Å². The second-order valence-electron chi connectivity index (χ2n) is 3.83. The van der Waals surface area contributed by atoms with Crippen LogP contribution in [-0.4, -0.2) is 30.2 Å². The highest BCUT2D eigenvalue weighted by molar-refractivity contribution is 5.18. The normalized spacial score (nSPS) is 12.4. The Morgan fingerprint density at radius 1 is 1.38 bits per heavy atom. The molecule has 0 spiro atoms. The van der Waals surface area contributed by atoms with Crippen molar-refractivity contribution in [1.82, 2.24) is 4.90 Å². The van der Waals surface area contributed by atoms with Crippen molar-refractivity contribution in [3.63, 3.8) is 0 Å². The molecule has 0 bridgehead atoms. The SMILES string of the molecule is CN(CCC#N)[C@@H](CCO)c1ccccc1. The van der Waals surface area contributed by atoms with Crippen LogP contribution in [0.4, 0.5) is 0 Å². The van der Waals surface area contributed by atoms with E-state index < -0.39 is 0 Å². The highest BCUT2D eigenvalue weighted by Crippen LogP contribution is 2.22. The van der Waals surface area contributed by atoms with E-state index in [1.54, 1.807) is 0 Å². The van der Waals surface area contributed by atoms with Gasteiger partial charge < -0.3 is 5.11 Å². The summed E-state index contributed by atoms with van der Waals surface area (Å²) in [5.41, 5.74) is 1.19. The molecule has 0 radical (unpaired) electrons. The van der Waals surface area contributed by atoms with Crippen LogP contribution in [0, 0.1) is 11.3 Å². The number of aliphatic hydroxyl groups is 1. The number of hydrogen-bond donors (Lipinski definition) is 1. The van der Waals surface area contributed by atoms with E-state index in [2.05, 4.69) is 23.1 Å². The third-order valence-corrected chi connectivity index (χ3v) is 2.70. The lowest BCUT2D eigenvalue weighted by Gasteiger charge is -2.27. The molecule has 0 saturated carbocycles. The van der Waals surface area contributed by atoms with Crippen molar-refractivity contribution in [2.24, 2.45) is 0 Å². The minimum absolute atomic E-state index is 0.163. The third-order valence-electron chi connectivity index (χ3n) is 2.70. The quantitative estimate of drug-likeness (QED) is 0.794. The maximum Gasteiger partial charge on any atom is 0.0635 e. The van der Waals surface area contributed by atoms with Crippen LogP contribution in [0.1, 0.15) is 24.4 Å². The number of rotatable bonds is 6. The summed E-state index contributed by atoms with van der Waals surface area (Å²) in [6, 6.07) is 12.4. The summed E-state index contributed by atoms with van der Waals surface area (Å²) < 4.78 is 0. The zero-order valence-corrected chi connectivity index (χ0v) is 9.63. The van der Waals surface area contributed by atoms with E-state index in [9.17, 15) is 0 Å². The Morgan fingerprint density at radius 2 is 2.06 bits per heavy atom. The highest BCUT2D eigenvalue weighted by Gasteiger charge is 2.15. The second-order valence-corrected chi connectivity index (χ2v) is 3.83. The summed E-state index contributed by atoms with van der Waals surface area (Å²) in [5, 5.41) is 17.7. The van der Waals surface area contributed by atoms with Gasteiger partial charge >= 0.3 is 0 Å². The van der Waals surface area contributed by atoms with Gasteiger partial charge in [0.05, 0.1) is 6.07 Å². The summed E-state index contributed by atoms with van der Waals surface area (Å²) >= 11 is 0. The molecule has 1 aromatic rings. The number of nitrogens with zero attached hydrogens (tertiary/aromatic N) is 2. The summed E-state index contributed by atoms with van der Waals surface area (Å²) in [7, 11) is 1.99. The maximum atomic E-state index is 9.08. The van der Waals surface area contributed by atoms with Crippen molar-refractivity contribution < 1.29 is 5.11 Å². The van der Waals surface area contributed by atoms with Crippen molar-refractivity contribution in [2.45, 2.75) is 18.9 Å². The number of benzene rings is 1. The molecule has 0 aliphatic heterocycles. The van der Waals surface area contributed by atoms with Crippen LogP contribution < -0.4 is 0 Å². The van der Waals surface area contributed by atoms with E-state index in [0.717, 1.165) is 6.54 Å². The largest absolute Gasteiger partial charge is 0.396 e. The van der Waals surface area contributed by atoms with Crippen molar-refractivity contribution in [3.05, 3.63) is 35.9 Å². The minimum atomic E-state index is 0.163. The van der Waals surface area contributed by atoms with Crippen LogP contribution in [0.3, 0.4) is 0 Å². The Bertz CT molecular complexity index is 332. The van der Waals surface area contributed by atoms with Gasteiger partial charge in [0.25, 0.3) is 0 Å². The number of nitriles is 1. The second kappa shape index (κ2) is 7.00. The Labute approximate surface area is 96.9 Å². The molecule has 0 amide bonds. The molecular formula is C13H18N2O. The molecule has 0 saturated heterocycles. The van der Waals surface area contributed by atoms with Gasteiger partial charge in [-0.3, -0.25) is 4.90 Å². The van der Waals surface area contributed by atoms with Crippen molar-refractivity contribution >= 4 is 0 Å². The average Bonchev–Trinajstić information content (AvgIpc) is 2.34. The fourth-order valence-corrected chi connectivity index (χ4v) is 1.82. The van der Waals surface area contributed by atoms with Crippen molar-refractivity contribution in [2.75, 3.05) is 20.2 Å². The van der Waals surface area contributed by atoms with Gasteiger partial charge in [-0.2, -0.15) is 5.26 Å². The van der Waals surface area contributed by atoms with E-state index in [0.29, 0.717) is 12.8 Å². The first-order valence-electron chi connectivity index (χ1n) is 5.52. The third kappa shape index (κ3) is 3.65. The number of hydrogen-bond acceptors (Lipinski definition) is 3. The Kier molecular flexibility index (Phi) is 5.55. The van der Waals surface area contributed by atoms with E-state index in [-0.39, 0.29) is 12.6 Å². The van der Waals surface area contributed by atoms with Gasteiger partial charge in [-0.1, -0.05) is 30.3 Å². The van der Waals surface area contributed by atoms with Gasteiger partial charge in [0.2, 0.25) is 0 Å². The molecule has 0 unspecified atom stereocenters. The zero-order valence-electron chi connectivity index (χ0n) is 9.63. The predicted molar refractivity (Wildman–Crippen MR) is 63.7 cm³/mol. The molecule has 1 rings (SSSR count). The molecule has 0 aromatic heterocycles. The van der Waals surface area contributed by atoms with E-state index in [4.69, 9.17) is 10.4 Å². The first-order chi connectivity index (χ1) is 7.79. The van der Waals surface area contributed by atoms with Gasteiger partial charge in [-0.25, -0.2) is 0 Å². The molecule has 0 aliphatic carbocycles. The van der Waals surface area contributed by atoms with Gasteiger partial charge in [0, 0.05) is 25.6 Å². The van der Waals surface area contributed by atoms with Crippen LogP contribution in [0.15, 0.2) is 30.3 Å². The first-order valence-corrected chi connectivity index (χ1v) is 5.52. The molecule has 16 heavy (non-hydrogen) atoms. The summed E-state index contributed by atoms with van der Waals surface area (Å²) in [5.74, 6) is 0. The smallest absolute Gasteiger partial charge is 0.0635 e. The van der Waals surface area contributed by atoms with Gasteiger partial charge in [0.1, 0.15) is 0 Å². The van der Waals surface area contributed by atoms with Crippen molar-refractivity contribution in [1.29, 1.82) is 5.26 Å². The first kappa shape index (κ1) is 12.7. The van der Waals surface area contributed by atoms with E-state index in [1.807, 2.05) is 25.2 Å². The molecule has 0 heterocycles. The van der Waals surface area contributed by atoms with Crippen molar-refractivity contribution in [3.8, 4) is 6.07 Å². The molecule has 0 fully saturated rings. The molecule has 0 aliphatic rings. The summed E-state index contributed by atoms with van der Waals surface area (Å²) in [4.78, 5) is 2.12. The van der Waals surface area contributed by atoms with Crippen LogP contribution in [0.5, 0.6) is 0 Å². The number of aliphatic hydroxyl groups excluding tert-OH is 1. The summed E-state index contributed by atoms with van der Waals surface area (Å²) in [6.45, 7) is 0.895. The van der Waals surface area contributed by atoms with Gasteiger partial charge in [0.15, 0.2) is 0 Å². The molecule has 1 N–H and O–H groups in total. The topological polar surface area (TPSA) is 47.3 Å². The Morgan fingerprint density at radius 3 is 2.62 bits per heavy atom. The highest BCUT2D eigenvalue weighted by atomic mass is 16.3. The minimum Gasteiger partial charge on any atom is -0.396 e. The molecule has 86 valence electrons. The summed E-state index contributed by atoms with van der Waals surface area (Å²) in [6.07, 6.45) is 1.22. The monoisotopic (exact) mass is 218 g/mol. The lowest BCUT2D eigenvalue weighted by Crippen LogP contribution is -2.26. The molecule has 1 aromatic carbocycles. The maximum absolute atomic E-state index is 9.08. The standard InChI is InChI=1S/C13H18N2O/c1-15(10-5-9-14)13(8-11-16)12-6-3-2-4-7-12/h2-4,6-7,13,16H,5,8,10-11H2,1H3/t13-/m0/s1. The fourth-order valence-electron chi connectivity index (χ4n) is 1.82. The lowest BCUT2D eigenvalue weighted by molar-refractivity contribution is 0.188. The van der Waals surface area contributed by atoms with Crippen LogP contribution >= 0.6 is 0 Å². The van der Waals surface area contributed by atoms with Gasteiger partial charge in [-0.05, 0) is 19.0 Å². The van der Waals surface area contributed by atoms with Crippen LogP contribution in [0.25, 0.3) is 0 Å². The zero-order chi connectivity index (χ0) is 11.8. The van der Waals surface area contributed by atoms with E-state index in [1.165, 1.54) is 5.56 Å². The molecule has 1 atom stereocenters. The lowest BCUT2D eigenvalue weighted by atomic mass is 10.0. The molecule has 3 heteroatoms. The predicted octanol–water partition coefficient (Wildman–Crippen LogP) is 1.96. The Balaban J connectivity index is 2.71. The van der Waals surface area contributed by atoms with Crippen LogP contribution in [-0.2, 0) is 0 Å². The average molecular weight is 218 g/mol. The molecular weight excluding hydrogens is 200 g/mol.